The molecule has 0 bridgehead atoms. The zero-order chi connectivity index (χ0) is 20.4. The lowest BCUT2D eigenvalue weighted by atomic mass is 9.82. The summed E-state index contributed by atoms with van der Waals surface area (Å²) >= 11 is 6.03. The quantitative estimate of drug-likeness (QED) is 0.704. The van der Waals surface area contributed by atoms with Crippen LogP contribution in [0.25, 0.3) is 0 Å². The highest BCUT2D eigenvalue weighted by Crippen LogP contribution is 2.36. The van der Waals surface area contributed by atoms with E-state index in [2.05, 4.69) is 30.0 Å². The van der Waals surface area contributed by atoms with Crippen LogP contribution in [0.15, 0.2) is 30.3 Å². The normalized spacial score (nSPS) is 28.6. The van der Waals surface area contributed by atoms with Gasteiger partial charge in [-0.1, -0.05) is 23.7 Å². The van der Waals surface area contributed by atoms with E-state index in [1.807, 2.05) is 23.9 Å². The molecule has 4 nitrogen and oxygen atoms in total. The number of nitrogens with zero attached hydrogens (tertiary/aromatic N) is 3. The van der Waals surface area contributed by atoms with Crippen LogP contribution in [0.5, 0.6) is 0 Å². The Balaban J connectivity index is 1.42. The van der Waals surface area contributed by atoms with E-state index in [1.165, 1.54) is 17.0 Å². The number of ether oxygens (including phenoxy) is 1. The van der Waals surface area contributed by atoms with Gasteiger partial charge in [-0.3, -0.25) is 9.58 Å². The molecule has 1 aliphatic carbocycles. The first-order chi connectivity index (χ1) is 14.0. The predicted molar refractivity (Wildman–Crippen MR) is 114 cm³/mol. The fourth-order valence-corrected chi connectivity index (χ4v) is 5.01. The molecule has 1 saturated carbocycles. The number of halogens is 2. The van der Waals surface area contributed by atoms with Gasteiger partial charge >= 0.3 is 0 Å². The van der Waals surface area contributed by atoms with E-state index in [0.29, 0.717) is 25.1 Å². The zero-order valence-electron chi connectivity index (χ0n) is 17.4. The van der Waals surface area contributed by atoms with E-state index in [0.717, 1.165) is 37.1 Å². The van der Waals surface area contributed by atoms with Crippen molar-refractivity contribution in [2.75, 3.05) is 19.8 Å². The lowest BCUT2D eigenvalue weighted by Crippen LogP contribution is -2.56. The Labute approximate surface area is 178 Å². The van der Waals surface area contributed by atoms with Gasteiger partial charge in [0.15, 0.2) is 0 Å². The first-order valence-electron chi connectivity index (χ1n) is 10.7. The molecular weight excluding hydrogens is 389 g/mol. The Morgan fingerprint density at radius 1 is 1.17 bits per heavy atom. The topological polar surface area (TPSA) is 30.3 Å². The number of hydrogen-bond donors (Lipinski definition) is 0. The summed E-state index contributed by atoms with van der Waals surface area (Å²) in [6.45, 7) is 2.98. The van der Waals surface area contributed by atoms with Crippen LogP contribution >= 0.6 is 11.6 Å². The SMILES string of the molecule is Cc1cc(C2CCC(N3C[C@H](CF)OC[C@@H]3Cc3ccc(Cl)cc3)CC2)nn1C. The van der Waals surface area contributed by atoms with Crippen molar-refractivity contribution in [3.8, 4) is 0 Å². The average Bonchev–Trinajstić information content (AvgIpc) is 3.08. The van der Waals surface area contributed by atoms with Crippen molar-refractivity contribution >= 4 is 11.6 Å². The van der Waals surface area contributed by atoms with Crippen molar-refractivity contribution in [3.63, 3.8) is 0 Å². The molecular formula is C23H31ClFN3O. The van der Waals surface area contributed by atoms with E-state index in [-0.39, 0.29) is 12.1 Å². The summed E-state index contributed by atoms with van der Waals surface area (Å²) in [6, 6.07) is 11.1. The molecule has 1 aliphatic heterocycles. The largest absolute Gasteiger partial charge is 0.373 e. The fraction of sp³-hybridized carbons (Fsp3) is 0.609. The van der Waals surface area contributed by atoms with E-state index >= 15 is 0 Å². The fourth-order valence-electron chi connectivity index (χ4n) is 4.88. The summed E-state index contributed by atoms with van der Waals surface area (Å²) in [5.74, 6) is 0.541. The number of aryl methyl sites for hydroxylation is 2. The third kappa shape index (κ3) is 4.84. The number of aromatic nitrogens is 2. The van der Waals surface area contributed by atoms with Gasteiger partial charge in [0.1, 0.15) is 6.67 Å². The van der Waals surface area contributed by atoms with E-state index in [4.69, 9.17) is 21.4 Å². The second kappa shape index (κ2) is 9.15. The maximum atomic E-state index is 13.4. The van der Waals surface area contributed by atoms with Gasteiger partial charge in [-0.15, -0.1) is 0 Å². The van der Waals surface area contributed by atoms with E-state index in [9.17, 15) is 4.39 Å². The van der Waals surface area contributed by atoms with E-state index in [1.54, 1.807) is 0 Å². The summed E-state index contributed by atoms with van der Waals surface area (Å²) < 4.78 is 21.1. The van der Waals surface area contributed by atoms with Crippen LogP contribution in [0.3, 0.4) is 0 Å². The molecule has 158 valence electrons. The molecule has 6 heteroatoms. The maximum Gasteiger partial charge on any atom is 0.117 e. The van der Waals surface area contributed by atoms with Gasteiger partial charge in [-0.2, -0.15) is 5.10 Å². The van der Waals surface area contributed by atoms with Crippen LogP contribution in [-0.4, -0.2) is 52.7 Å². The van der Waals surface area contributed by atoms with E-state index < -0.39 is 6.67 Å². The molecule has 0 N–H and O–H groups in total. The standard InChI is InChI=1S/C23H31ClFN3O/c1-16-11-23(26-27(16)2)18-5-9-20(10-6-18)28-14-22(13-25)29-15-21(28)12-17-3-7-19(24)8-4-17/h3-4,7-8,11,18,20-22H,5-6,9-10,12-15H2,1-2H3/t18?,20?,21-,22-/m0/s1. The Morgan fingerprint density at radius 3 is 2.52 bits per heavy atom. The molecule has 0 amide bonds. The van der Waals surface area contributed by atoms with Crippen molar-refractivity contribution < 1.29 is 9.13 Å². The van der Waals surface area contributed by atoms with Gasteiger partial charge in [-0.05, 0) is 62.8 Å². The number of rotatable bonds is 5. The minimum Gasteiger partial charge on any atom is -0.373 e. The smallest absolute Gasteiger partial charge is 0.117 e. The highest BCUT2D eigenvalue weighted by Gasteiger charge is 2.36. The summed E-state index contributed by atoms with van der Waals surface area (Å²) in [7, 11) is 2.01. The third-order valence-corrected chi connectivity index (χ3v) is 6.93. The van der Waals surface area contributed by atoms with Crippen LogP contribution in [-0.2, 0) is 18.2 Å². The molecule has 29 heavy (non-hydrogen) atoms. The molecule has 2 aliphatic rings. The van der Waals surface area contributed by atoms with Gasteiger partial charge in [0.25, 0.3) is 0 Å². The van der Waals surface area contributed by atoms with Gasteiger partial charge in [0.05, 0.1) is 18.4 Å². The molecule has 2 aromatic rings. The van der Waals surface area contributed by atoms with Crippen molar-refractivity contribution in [2.45, 2.75) is 63.1 Å². The Hall–Kier alpha value is -1.43. The molecule has 0 radical (unpaired) electrons. The molecule has 1 saturated heterocycles. The predicted octanol–water partition coefficient (Wildman–Crippen LogP) is 4.69. The van der Waals surface area contributed by atoms with Crippen LogP contribution in [0.4, 0.5) is 4.39 Å². The van der Waals surface area contributed by atoms with Crippen LogP contribution < -0.4 is 0 Å². The first-order valence-corrected chi connectivity index (χ1v) is 11.1. The lowest BCUT2D eigenvalue weighted by Gasteiger charge is -2.45. The minimum atomic E-state index is -0.410. The van der Waals surface area contributed by atoms with Crippen LogP contribution in [0.2, 0.25) is 5.02 Å². The summed E-state index contributed by atoms with van der Waals surface area (Å²) in [6.07, 6.45) is 5.17. The van der Waals surface area contributed by atoms with Crippen molar-refractivity contribution in [3.05, 3.63) is 52.3 Å². The summed E-state index contributed by atoms with van der Waals surface area (Å²) in [5, 5.41) is 5.45. The van der Waals surface area contributed by atoms with Gasteiger partial charge in [0.2, 0.25) is 0 Å². The molecule has 2 heterocycles. The molecule has 4 rings (SSSR count). The van der Waals surface area contributed by atoms with Crippen molar-refractivity contribution in [2.24, 2.45) is 7.05 Å². The molecule has 0 unspecified atom stereocenters. The van der Waals surface area contributed by atoms with Gasteiger partial charge < -0.3 is 4.74 Å². The summed E-state index contributed by atoms with van der Waals surface area (Å²) in [4.78, 5) is 2.53. The molecule has 1 aromatic carbocycles. The van der Waals surface area contributed by atoms with Crippen molar-refractivity contribution in [1.82, 2.24) is 14.7 Å². The van der Waals surface area contributed by atoms with Crippen LogP contribution in [0.1, 0.15) is 48.6 Å². The molecule has 0 spiro atoms. The number of hydrogen-bond acceptors (Lipinski definition) is 3. The first kappa shape index (κ1) is 20.8. The average molecular weight is 420 g/mol. The van der Waals surface area contributed by atoms with Crippen molar-refractivity contribution in [1.29, 1.82) is 0 Å². The lowest BCUT2D eigenvalue weighted by molar-refractivity contribution is -0.0906. The second-order valence-corrected chi connectivity index (χ2v) is 9.07. The Bertz CT molecular complexity index is 781. The number of alkyl halides is 1. The minimum absolute atomic E-state index is 0.289. The Morgan fingerprint density at radius 2 is 1.90 bits per heavy atom. The third-order valence-electron chi connectivity index (χ3n) is 6.68. The van der Waals surface area contributed by atoms with Crippen LogP contribution in [0, 0.1) is 6.92 Å². The maximum absolute atomic E-state index is 13.4. The number of morpholine rings is 1. The summed E-state index contributed by atoms with van der Waals surface area (Å²) in [5.41, 5.74) is 3.69. The monoisotopic (exact) mass is 419 g/mol. The zero-order valence-corrected chi connectivity index (χ0v) is 18.1. The highest BCUT2D eigenvalue weighted by atomic mass is 35.5. The Kier molecular flexibility index (Phi) is 6.57. The van der Waals surface area contributed by atoms with Gasteiger partial charge in [-0.25, -0.2) is 4.39 Å². The number of benzene rings is 1. The molecule has 2 fully saturated rings. The molecule has 2 atom stereocenters. The molecule has 1 aromatic heterocycles. The van der Waals surface area contributed by atoms with Gasteiger partial charge in [0, 0.05) is 42.3 Å². The second-order valence-electron chi connectivity index (χ2n) is 8.63. The highest BCUT2D eigenvalue weighted by molar-refractivity contribution is 6.30.